The Hall–Kier alpha value is -3.15. The van der Waals surface area contributed by atoms with Crippen LogP contribution in [0.15, 0.2) is 94.8 Å². The van der Waals surface area contributed by atoms with E-state index in [0.717, 1.165) is 22.4 Å². The zero-order chi connectivity index (χ0) is 20.8. The van der Waals surface area contributed by atoms with Crippen molar-refractivity contribution in [2.24, 2.45) is 4.99 Å². The molecular weight excluding hydrogens is 392 g/mol. The molecule has 1 saturated heterocycles. The number of carbonyl (C=O) groups excluding carboxylic acids is 1. The average molecular weight is 415 g/mol. The van der Waals surface area contributed by atoms with Crippen molar-refractivity contribution in [3.05, 3.63) is 107 Å². The van der Waals surface area contributed by atoms with Crippen molar-refractivity contribution in [3.8, 4) is 0 Å². The Morgan fingerprint density at radius 2 is 1.63 bits per heavy atom. The number of para-hydroxylation sites is 1. The molecule has 3 aromatic rings. The maximum atomic E-state index is 13.3. The summed E-state index contributed by atoms with van der Waals surface area (Å²) in [6.07, 6.45) is 1.92. The van der Waals surface area contributed by atoms with E-state index in [2.05, 4.69) is 0 Å². The van der Waals surface area contributed by atoms with E-state index < -0.39 is 0 Å². The number of thioether (sulfide) groups is 1. The molecule has 0 aromatic heterocycles. The maximum Gasteiger partial charge on any atom is 0.271 e. The predicted octanol–water partition coefficient (Wildman–Crippen LogP) is 5.51. The minimum atomic E-state index is -0.0600. The number of aliphatic imine (C=N–C) groups is 1. The summed E-state index contributed by atoms with van der Waals surface area (Å²) < 4.78 is 5.22. The number of hydrogen-bond acceptors (Lipinski definition) is 4. The van der Waals surface area contributed by atoms with Crippen molar-refractivity contribution in [1.82, 2.24) is 0 Å². The van der Waals surface area contributed by atoms with Crippen molar-refractivity contribution in [2.45, 2.75) is 13.2 Å². The van der Waals surface area contributed by atoms with Crippen molar-refractivity contribution in [3.63, 3.8) is 0 Å². The molecule has 0 saturated carbocycles. The number of anilines is 1. The lowest BCUT2D eigenvalue weighted by atomic mass is 10.1. The van der Waals surface area contributed by atoms with Gasteiger partial charge in [-0.1, -0.05) is 66.7 Å². The second kappa shape index (κ2) is 9.57. The van der Waals surface area contributed by atoms with Gasteiger partial charge in [0.25, 0.3) is 5.91 Å². The van der Waals surface area contributed by atoms with Crippen LogP contribution in [-0.2, 0) is 22.7 Å². The summed E-state index contributed by atoms with van der Waals surface area (Å²) in [7, 11) is 1.68. The first-order valence-electron chi connectivity index (χ1n) is 9.70. The van der Waals surface area contributed by atoms with Crippen LogP contribution in [-0.4, -0.2) is 18.2 Å². The standard InChI is InChI=1S/C25H22N2O2S/c1-29-18-21-12-8-11-20(15-21)16-23-24(28)27(22-13-6-3-7-14-22)25(30-23)26-17-19-9-4-2-5-10-19/h2-16H,17-18H2,1H3/b23-16-,26-25-. The van der Waals surface area contributed by atoms with Crippen LogP contribution in [0.3, 0.4) is 0 Å². The first-order chi connectivity index (χ1) is 14.7. The second-order valence-corrected chi connectivity index (χ2v) is 7.86. The Morgan fingerprint density at radius 3 is 2.37 bits per heavy atom. The lowest BCUT2D eigenvalue weighted by molar-refractivity contribution is -0.113. The Morgan fingerprint density at radius 1 is 0.933 bits per heavy atom. The Bertz CT molecular complexity index is 1080. The van der Waals surface area contributed by atoms with Crippen molar-refractivity contribution in [2.75, 3.05) is 12.0 Å². The molecule has 0 spiro atoms. The van der Waals surface area contributed by atoms with Crippen molar-refractivity contribution >= 4 is 34.6 Å². The third kappa shape index (κ3) is 4.70. The quantitative estimate of drug-likeness (QED) is 0.500. The summed E-state index contributed by atoms with van der Waals surface area (Å²) in [5, 5.41) is 0.689. The number of nitrogens with zero attached hydrogens (tertiary/aromatic N) is 2. The van der Waals surface area contributed by atoms with E-state index in [1.165, 1.54) is 11.8 Å². The largest absolute Gasteiger partial charge is 0.380 e. The molecule has 0 atom stereocenters. The number of methoxy groups -OCH3 is 1. The van der Waals surface area contributed by atoms with Gasteiger partial charge >= 0.3 is 0 Å². The van der Waals surface area contributed by atoms with Gasteiger partial charge < -0.3 is 4.74 Å². The number of amidine groups is 1. The third-order valence-corrected chi connectivity index (χ3v) is 5.63. The molecule has 5 heteroatoms. The van der Waals surface area contributed by atoms with E-state index in [9.17, 15) is 4.79 Å². The highest BCUT2D eigenvalue weighted by Gasteiger charge is 2.34. The highest BCUT2D eigenvalue weighted by atomic mass is 32.2. The SMILES string of the molecule is COCc1cccc(/C=C2\S/C(=N\Cc3ccccc3)N(c3ccccc3)C2=O)c1. The van der Waals surface area contributed by atoms with Crippen LogP contribution in [0.5, 0.6) is 0 Å². The van der Waals surface area contributed by atoms with Crippen LogP contribution in [0.1, 0.15) is 16.7 Å². The molecule has 0 radical (unpaired) electrons. The number of benzene rings is 3. The van der Waals surface area contributed by atoms with Gasteiger partial charge in [-0.2, -0.15) is 0 Å². The Balaban J connectivity index is 1.67. The summed E-state index contributed by atoms with van der Waals surface area (Å²) in [4.78, 5) is 20.4. The number of carbonyl (C=O) groups is 1. The van der Waals surface area contributed by atoms with E-state index >= 15 is 0 Å². The zero-order valence-electron chi connectivity index (χ0n) is 16.7. The first kappa shape index (κ1) is 20.1. The van der Waals surface area contributed by atoms with Gasteiger partial charge in [-0.05, 0) is 52.7 Å². The Labute approximate surface area is 180 Å². The highest BCUT2D eigenvalue weighted by molar-refractivity contribution is 8.19. The predicted molar refractivity (Wildman–Crippen MR) is 124 cm³/mol. The van der Waals surface area contributed by atoms with E-state index in [4.69, 9.17) is 9.73 Å². The molecule has 30 heavy (non-hydrogen) atoms. The number of amides is 1. The fourth-order valence-corrected chi connectivity index (χ4v) is 4.20. The van der Waals surface area contributed by atoms with Crippen LogP contribution in [0.25, 0.3) is 6.08 Å². The van der Waals surface area contributed by atoms with Crippen molar-refractivity contribution in [1.29, 1.82) is 0 Å². The summed E-state index contributed by atoms with van der Waals surface area (Å²) >= 11 is 1.41. The maximum absolute atomic E-state index is 13.3. The van der Waals surface area contributed by atoms with Crippen molar-refractivity contribution < 1.29 is 9.53 Å². The minimum Gasteiger partial charge on any atom is -0.380 e. The molecule has 3 aromatic carbocycles. The van der Waals surface area contributed by atoms with Gasteiger partial charge in [-0.15, -0.1) is 0 Å². The molecule has 1 fully saturated rings. The molecule has 0 unspecified atom stereocenters. The van der Waals surface area contributed by atoms with Gasteiger partial charge in [-0.3, -0.25) is 14.7 Å². The molecule has 0 aliphatic carbocycles. The Kier molecular flexibility index (Phi) is 6.42. The monoisotopic (exact) mass is 414 g/mol. The summed E-state index contributed by atoms with van der Waals surface area (Å²) in [6.45, 7) is 1.06. The van der Waals surface area contributed by atoms with E-state index in [-0.39, 0.29) is 5.91 Å². The van der Waals surface area contributed by atoms with Gasteiger partial charge in [-0.25, -0.2) is 0 Å². The summed E-state index contributed by atoms with van der Waals surface area (Å²) in [5.74, 6) is -0.0600. The molecule has 0 N–H and O–H groups in total. The fraction of sp³-hybridized carbons (Fsp3) is 0.120. The molecule has 0 bridgehead atoms. The lowest BCUT2D eigenvalue weighted by Crippen LogP contribution is -2.28. The summed E-state index contributed by atoms with van der Waals surface area (Å²) in [6, 6.07) is 27.7. The van der Waals surface area contributed by atoms with E-state index in [0.29, 0.717) is 23.2 Å². The molecule has 4 nitrogen and oxygen atoms in total. The van der Waals surface area contributed by atoms with Crippen LogP contribution < -0.4 is 4.90 Å². The van der Waals surface area contributed by atoms with E-state index in [1.54, 1.807) is 12.0 Å². The highest BCUT2D eigenvalue weighted by Crippen LogP contribution is 2.36. The number of rotatable bonds is 6. The normalized spacial score (nSPS) is 16.6. The van der Waals surface area contributed by atoms with Gasteiger partial charge in [0.05, 0.1) is 23.7 Å². The molecule has 1 heterocycles. The second-order valence-electron chi connectivity index (χ2n) is 6.85. The van der Waals surface area contributed by atoms with Crippen LogP contribution in [0.4, 0.5) is 5.69 Å². The third-order valence-electron chi connectivity index (χ3n) is 4.62. The topological polar surface area (TPSA) is 41.9 Å². The number of hydrogen-bond donors (Lipinski definition) is 0. The van der Waals surface area contributed by atoms with Crippen LogP contribution in [0.2, 0.25) is 0 Å². The molecule has 1 amide bonds. The van der Waals surface area contributed by atoms with E-state index in [1.807, 2.05) is 91.0 Å². The first-order valence-corrected chi connectivity index (χ1v) is 10.5. The average Bonchev–Trinajstić information content (AvgIpc) is 3.09. The fourth-order valence-electron chi connectivity index (χ4n) is 3.22. The van der Waals surface area contributed by atoms with Gasteiger partial charge in [0.15, 0.2) is 5.17 Å². The van der Waals surface area contributed by atoms with Gasteiger partial charge in [0.1, 0.15) is 0 Å². The lowest BCUT2D eigenvalue weighted by Gasteiger charge is -2.15. The molecule has 4 rings (SSSR count). The smallest absolute Gasteiger partial charge is 0.271 e. The van der Waals surface area contributed by atoms with Gasteiger partial charge in [0, 0.05) is 7.11 Å². The molecule has 1 aliphatic rings. The molecular formula is C25H22N2O2S. The van der Waals surface area contributed by atoms with Crippen LogP contribution in [0, 0.1) is 0 Å². The molecule has 1 aliphatic heterocycles. The number of ether oxygens (including phenoxy) is 1. The zero-order valence-corrected chi connectivity index (χ0v) is 17.5. The van der Waals surface area contributed by atoms with Crippen LogP contribution >= 0.6 is 11.8 Å². The van der Waals surface area contributed by atoms with Gasteiger partial charge in [0.2, 0.25) is 0 Å². The molecule has 150 valence electrons. The summed E-state index contributed by atoms with van der Waals surface area (Å²) in [5.41, 5.74) is 3.96. The minimum absolute atomic E-state index is 0.0600.